The Balaban J connectivity index is 1.97. The predicted molar refractivity (Wildman–Crippen MR) is 92.8 cm³/mol. The highest BCUT2D eigenvalue weighted by Gasteiger charge is 2.19. The molecule has 0 bridgehead atoms. The molecule has 0 radical (unpaired) electrons. The standard InChI is InChI=1S/C16H17ClN2O4S/c1-12-4-9-15(11-16(12)19(20)21)24(22,23)18-10-2-3-13-5-7-14(17)8-6-13/h4-9,11,18H,2-3,10H2,1H3. The van der Waals surface area contributed by atoms with E-state index in [1.807, 2.05) is 12.1 Å². The van der Waals surface area contributed by atoms with Crippen LogP contribution in [0.1, 0.15) is 17.5 Å². The van der Waals surface area contributed by atoms with E-state index in [1.54, 1.807) is 19.1 Å². The van der Waals surface area contributed by atoms with E-state index in [4.69, 9.17) is 11.6 Å². The van der Waals surface area contributed by atoms with E-state index in [0.29, 0.717) is 23.4 Å². The molecule has 1 N–H and O–H groups in total. The number of nitrogens with one attached hydrogen (secondary N) is 1. The molecule has 128 valence electrons. The number of nitro groups is 1. The van der Waals surface area contributed by atoms with Gasteiger partial charge >= 0.3 is 0 Å². The van der Waals surface area contributed by atoms with Gasteiger partial charge < -0.3 is 0 Å². The molecule has 0 aliphatic rings. The van der Waals surface area contributed by atoms with Crippen molar-refractivity contribution in [3.63, 3.8) is 0 Å². The number of halogens is 1. The van der Waals surface area contributed by atoms with Gasteiger partial charge in [-0.1, -0.05) is 29.8 Å². The van der Waals surface area contributed by atoms with Gasteiger partial charge in [0, 0.05) is 23.2 Å². The molecule has 6 nitrogen and oxygen atoms in total. The fraction of sp³-hybridized carbons (Fsp3) is 0.250. The molecule has 2 aromatic carbocycles. The number of hydrogen-bond donors (Lipinski definition) is 1. The van der Waals surface area contributed by atoms with Crippen LogP contribution in [-0.4, -0.2) is 19.9 Å². The summed E-state index contributed by atoms with van der Waals surface area (Å²) in [6.07, 6.45) is 1.31. The van der Waals surface area contributed by atoms with Crippen molar-refractivity contribution in [2.24, 2.45) is 0 Å². The van der Waals surface area contributed by atoms with E-state index in [-0.39, 0.29) is 17.1 Å². The summed E-state index contributed by atoms with van der Waals surface area (Å²) < 4.78 is 26.9. The van der Waals surface area contributed by atoms with Crippen LogP contribution >= 0.6 is 11.6 Å². The Hall–Kier alpha value is -1.96. The first-order valence-corrected chi connectivity index (χ1v) is 9.15. The second-order valence-electron chi connectivity index (χ2n) is 5.33. The lowest BCUT2D eigenvalue weighted by Gasteiger charge is -2.08. The summed E-state index contributed by atoms with van der Waals surface area (Å²) in [6.45, 7) is 1.81. The minimum Gasteiger partial charge on any atom is -0.258 e. The molecule has 0 saturated carbocycles. The van der Waals surface area contributed by atoms with Crippen LogP contribution in [0.4, 0.5) is 5.69 Å². The number of hydrogen-bond acceptors (Lipinski definition) is 4. The molecule has 0 spiro atoms. The third-order valence-corrected chi connectivity index (χ3v) is 5.25. The maximum absolute atomic E-state index is 12.2. The van der Waals surface area contributed by atoms with Gasteiger partial charge in [-0.2, -0.15) is 0 Å². The second kappa shape index (κ2) is 7.74. The van der Waals surface area contributed by atoms with Crippen LogP contribution in [-0.2, 0) is 16.4 Å². The number of aryl methyl sites for hydroxylation is 2. The molecule has 0 aliphatic carbocycles. The summed E-state index contributed by atoms with van der Waals surface area (Å²) in [4.78, 5) is 10.2. The molecule has 2 aromatic rings. The molecular weight excluding hydrogens is 352 g/mol. The van der Waals surface area contributed by atoms with Crippen LogP contribution in [0.15, 0.2) is 47.4 Å². The van der Waals surface area contributed by atoms with Crippen LogP contribution in [0.3, 0.4) is 0 Å². The number of nitrogens with zero attached hydrogens (tertiary/aromatic N) is 1. The first-order valence-electron chi connectivity index (χ1n) is 7.29. The van der Waals surface area contributed by atoms with Crippen LogP contribution < -0.4 is 4.72 Å². The van der Waals surface area contributed by atoms with Crippen LogP contribution in [0, 0.1) is 17.0 Å². The zero-order chi connectivity index (χ0) is 17.7. The van der Waals surface area contributed by atoms with E-state index < -0.39 is 14.9 Å². The van der Waals surface area contributed by atoms with E-state index >= 15 is 0 Å². The summed E-state index contributed by atoms with van der Waals surface area (Å²) in [7, 11) is -3.77. The number of nitro benzene ring substituents is 1. The lowest BCUT2D eigenvalue weighted by Crippen LogP contribution is -2.25. The van der Waals surface area contributed by atoms with Gasteiger partial charge in [0.15, 0.2) is 0 Å². The van der Waals surface area contributed by atoms with Crippen molar-refractivity contribution in [3.8, 4) is 0 Å². The molecule has 2 rings (SSSR count). The highest BCUT2D eigenvalue weighted by Crippen LogP contribution is 2.22. The maximum Gasteiger partial charge on any atom is 0.273 e. The van der Waals surface area contributed by atoms with Gasteiger partial charge in [-0.15, -0.1) is 0 Å². The van der Waals surface area contributed by atoms with E-state index in [2.05, 4.69) is 4.72 Å². The minimum absolute atomic E-state index is 0.105. The average Bonchev–Trinajstić information content (AvgIpc) is 2.53. The molecular formula is C16H17ClN2O4S. The summed E-state index contributed by atoms with van der Waals surface area (Å²) >= 11 is 5.81. The summed E-state index contributed by atoms with van der Waals surface area (Å²) in [5.74, 6) is 0. The highest BCUT2D eigenvalue weighted by atomic mass is 35.5. The lowest BCUT2D eigenvalue weighted by atomic mass is 10.1. The molecule has 0 heterocycles. The quantitative estimate of drug-likeness (QED) is 0.460. The van der Waals surface area contributed by atoms with Crippen molar-refractivity contribution in [1.29, 1.82) is 0 Å². The normalized spacial score (nSPS) is 11.4. The van der Waals surface area contributed by atoms with Crippen molar-refractivity contribution in [1.82, 2.24) is 4.72 Å². The fourth-order valence-corrected chi connectivity index (χ4v) is 3.41. The Morgan fingerprint density at radius 1 is 1.17 bits per heavy atom. The van der Waals surface area contributed by atoms with Crippen molar-refractivity contribution in [2.45, 2.75) is 24.7 Å². The third-order valence-electron chi connectivity index (χ3n) is 3.54. The molecule has 0 unspecified atom stereocenters. The van der Waals surface area contributed by atoms with Gasteiger partial charge in [-0.25, -0.2) is 13.1 Å². The SMILES string of the molecule is Cc1ccc(S(=O)(=O)NCCCc2ccc(Cl)cc2)cc1[N+](=O)[O-]. The van der Waals surface area contributed by atoms with Gasteiger partial charge in [0.05, 0.1) is 9.82 Å². The topological polar surface area (TPSA) is 89.3 Å². The smallest absolute Gasteiger partial charge is 0.258 e. The molecule has 0 atom stereocenters. The summed E-state index contributed by atoms with van der Waals surface area (Å²) in [5, 5.41) is 11.6. The van der Waals surface area contributed by atoms with Gasteiger partial charge in [-0.3, -0.25) is 10.1 Å². The molecule has 0 aliphatic heterocycles. The van der Waals surface area contributed by atoms with E-state index in [0.717, 1.165) is 11.6 Å². The zero-order valence-corrected chi connectivity index (χ0v) is 14.6. The number of sulfonamides is 1. The average molecular weight is 369 g/mol. The Labute approximate surface area is 145 Å². The number of rotatable bonds is 7. The largest absolute Gasteiger partial charge is 0.273 e. The van der Waals surface area contributed by atoms with Crippen LogP contribution in [0.25, 0.3) is 0 Å². The first kappa shape index (κ1) is 18.4. The van der Waals surface area contributed by atoms with E-state index in [1.165, 1.54) is 12.1 Å². The van der Waals surface area contributed by atoms with Gasteiger partial charge in [0.1, 0.15) is 0 Å². The third kappa shape index (κ3) is 4.77. The molecule has 24 heavy (non-hydrogen) atoms. The van der Waals surface area contributed by atoms with Gasteiger partial charge in [0.2, 0.25) is 10.0 Å². The van der Waals surface area contributed by atoms with E-state index in [9.17, 15) is 18.5 Å². The lowest BCUT2D eigenvalue weighted by molar-refractivity contribution is -0.385. The van der Waals surface area contributed by atoms with Gasteiger partial charge in [0.25, 0.3) is 5.69 Å². The van der Waals surface area contributed by atoms with Crippen molar-refractivity contribution in [2.75, 3.05) is 6.54 Å². The second-order valence-corrected chi connectivity index (χ2v) is 7.54. The van der Waals surface area contributed by atoms with Crippen LogP contribution in [0.5, 0.6) is 0 Å². The Morgan fingerprint density at radius 3 is 2.46 bits per heavy atom. The monoisotopic (exact) mass is 368 g/mol. The maximum atomic E-state index is 12.2. The van der Waals surface area contributed by atoms with Crippen molar-refractivity contribution >= 4 is 27.3 Å². The first-order chi connectivity index (χ1) is 11.3. The van der Waals surface area contributed by atoms with Crippen molar-refractivity contribution in [3.05, 3.63) is 68.7 Å². The predicted octanol–water partition coefficient (Wildman–Crippen LogP) is 3.47. The zero-order valence-electron chi connectivity index (χ0n) is 13.0. The summed E-state index contributed by atoms with van der Waals surface area (Å²) in [5.41, 5.74) is 1.27. The Bertz CT molecular complexity index is 836. The minimum atomic E-state index is -3.77. The highest BCUT2D eigenvalue weighted by molar-refractivity contribution is 7.89. The molecule has 0 saturated heterocycles. The molecule has 8 heteroatoms. The van der Waals surface area contributed by atoms with Crippen molar-refractivity contribution < 1.29 is 13.3 Å². The Morgan fingerprint density at radius 2 is 1.83 bits per heavy atom. The molecule has 0 amide bonds. The molecule has 0 aromatic heterocycles. The van der Waals surface area contributed by atoms with Gasteiger partial charge in [-0.05, 0) is 43.5 Å². The Kier molecular flexibility index (Phi) is 5.93. The molecule has 0 fully saturated rings. The number of benzene rings is 2. The fourth-order valence-electron chi connectivity index (χ4n) is 2.19. The summed E-state index contributed by atoms with van der Waals surface area (Å²) in [6, 6.07) is 11.2. The van der Waals surface area contributed by atoms with Crippen LogP contribution in [0.2, 0.25) is 5.02 Å².